The summed E-state index contributed by atoms with van der Waals surface area (Å²) >= 11 is 0. The van der Waals surface area contributed by atoms with E-state index in [4.69, 9.17) is 9.15 Å². The third kappa shape index (κ3) is 4.07. The molecule has 0 aliphatic carbocycles. The second kappa shape index (κ2) is 9.51. The van der Waals surface area contributed by atoms with E-state index >= 15 is 0 Å². The Kier molecular flexibility index (Phi) is 6.12. The van der Waals surface area contributed by atoms with Gasteiger partial charge in [-0.05, 0) is 53.9 Å². The van der Waals surface area contributed by atoms with Crippen molar-refractivity contribution >= 4 is 16.9 Å². The molecule has 0 radical (unpaired) electrons. The van der Waals surface area contributed by atoms with Gasteiger partial charge in [-0.15, -0.1) is 0 Å². The maximum absolute atomic E-state index is 13.6. The Morgan fingerprint density at radius 3 is 2.65 bits per heavy atom. The van der Waals surface area contributed by atoms with Crippen molar-refractivity contribution in [1.29, 1.82) is 0 Å². The molecule has 6 heteroatoms. The summed E-state index contributed by atoms with van der Waals surface area (Å²) in [5.41, 5.74) is 2.35. The van der Waals surface area contributed by atoms with Gasteiger partial charge in [-0.3, -0.25) is 14.6 Å². The van der Waals surface area contributed by atoms with Gasteiger partial charge in [0.25, 0.3) is 5.91 Å². The first-order valence-electron chi connectivity index (χ1n) is 11.7. The number of nitrogens with zero attached hydrogens (tertiary/aromatic N) is 2. The lowest BCUT2D eigenvalue weighted by molar-refractivity contribution is 0.0714. The van der Waals surface area contributed by atoms with E-state index in [9.17, 15) is 9.59 Å². The number of fused-ring (bicyclic) bond motifs is 2. The standard InChI is InChI=1S/C28H26N2O4/c1-2-3-6-16-33-21-9-7-8-20(17-21)25-24-26(31)22-10-4-5-11-23(22)34-27(24)28(32)30(25)18-19-12-14-29-15-13-19/h4-5,7-15,17,25H,2-3,6,16,18H2,1H3. The number of pyridine rings is 1. The summed E-state index contributed by atoms with van der Waals surface area (Å²) in [7, 11) is 0. The van der Waals surface area contributed by atoms with Gasteiger partial charge in [-0.25, -0.2) is 0 Å². The van der Waals surface area contributed by atoms with Crippen LogP contribution in [0.25, 0.3) is 11.0 Å². The molecule has 0 bridgehead atoms. The van der Waals surface area contributed by atoms with Gasteiger partial charge in [0.05, 0.1) is 23.6 Å². The van der Waals surface area contributed by atoms with Crippen molar-refractivity contribution < 1.29 is 13.9 Å². The van der Waals surface area contributed by atoms with Crippen molar-refractivity contribution in [3.8, 4) is 5.75 Å². The maximum atomic E-state index is 13.6. The summed E-state index contributed by atoms with van der Waals surface area (Å²) < 4.78 is 12.0. The normalized spacial score (nSPS) is 15.0. The van der Waals surface area contributed by atoms with Crippen LogP contribution in [0, 0.1) is 0 Å². The van der Waals surface area contributed by atoms with E-state index in [1.54, 1.807) is 41.6 Å². The molecule has 0 saturated carbocycles. The van der Waals surface area contributed by atoms with E-state index in [2.05, 4.69) is 11.9 Å². The lowest BCUT2D eigenvalue weighted by Gasteiger charge is -2.25. The minimum Gasteiger partial charge on any atom is -0.494 e. The van der Waals surface area contributed by atoms with Crippen LogP contribution < -0.4 is 10.2 Å². The molecule has 2 aromatic heterocycles. The van der Waals surface area contributed by atoms with Crippen molar-refractivity contribution in [3.05, 3.63) is 106 Å². The minimum absolute atomic E-state index is 0.108. The summed E-state index contributed by atoms with van der Waals surface area (Å²) in [4.78, 5) is 32.9. The van der Waals surface area contributed by atoms with E-state index in [1.165, 1.54) is 0 Å². The SMILES string of the molecule is CCCCCOc1cccc(C2c3c(oc4ccccc4c3=O)C(=O)N2Cc2ccncc2)c1. The zero-order valence-corrected chi connectivity index (χ0v) is 19.1. The van der Waals surface area contributed by atoms with Crippen LogP contribution in [0.5, 0.6) is 5.75 Å². The van der Waals surface area contributed by atoms with Crippen LogP contribution >= 0.6 is 0 Å². The summed E-state index contributed by atoms with van der Waals surface area (Å²) in [6.07, 6.45) is 6.60. The third-order valence-corrected chi connectivity index (χ3v) is 6.17. The number of amides is 1. The molecular weight excluding hydrogens is 428 g/mol. The number of carbonyl (C=O) groups is 1. The Labute approximate surface area is 197 Å². The van der Waals surface area contributed by atoms with Gasteiger partial charge in [0.15, 0.2) is 5.43 Å². The molecule has 3 heterocycles. The van der Waals surface area contributed by atoms with Crippen LogP contribution in [0.2, 0.25) is 0 Å². The first-order valence-corrected chi connectivity index (χ1v) is 11.7. The number of aromatic nitrogens is 1. The predicted octanol–water partition coefficient (Wildman–Crippen LogP) is 5.50. The van der Waals surface area contributed by atoms with Gasteiger partial charge in [0.1, 0.15) is 11.3 Å². The van der Waals surface area contributed by atoms with Crippen LogP contribution in [0.3, 0.4) is 0 Å². The van der Waals surface area contributed by atoms with E-state index in [1.807, 2.05) is 36.4 Å². The van der Waals surface area contributed by atoms with Gasteiger partial charge in [-0.2, -0.15) is 0 Å². The molecule has 5 rings (SSSR count). The molecule has 0 saturated heterocycles. The van der Waals surface area contributed by atoms with E-state index in [0.29, 0.717) is 29.7 Å². The van der Waals surface area contributed by atoms with Gasteiger partial charge in [-0.1, -0.05) is 44.0 Å². The highest BCUT2D eigenvalue weighted by Gasteiger charge is 2.42. The molecule has 0 spiro atoms. The number of hydrogen-bond acceptors (Lipinski definition) is 5. The van der Waals surface area contributed by atoms with E-state index < -0.39 is 6.04 Å². The van der Waals surface area contributed by atoms with Crippen molar-refractivity contribution in [1.82, 2.24) is 9.88 Å². The van der Waals surface area contributed by atoms with Crippen LogP contribution in [-0.2, 0) is 6.54 Å². The molecule has 1 aliphatic rings. The van der Waals surface area contributed by atoms with Crippen LogP contribution in [0.4, 0.5) is 0 Å². The van der Waals surface area contributed by atoms with Gasteiger partial charge in [0.2, 0.25) is 5.76 Å². The molecule has 1 atom stereocenters. The Hall–Kier alpha value is -3.93. The van der Waals surface area contributed by atoms with Gasteiger partial charge < -0.3 is 14.1 Å². The number of benzene rings is 2. The summed E-state index contributed by atoms with van der Waals surface area (Å²) in [5.74, 6) is 0.537. The van der Waals surface area contributed by atoms with Crippen LogP contribution in [0.1, 0.15) is 59.5 Å². The number of para-hydroxylation sites is 1. The zero-order valence-electron chi connectivity index (χ0n) is 19.1. The molecule has 1 unspecified atom stereocenters. The smallest absolute Gasteiger partial charge is 0.291 e. The highest BCUT2D eigenvalue weighted by atomic mass is 16.5. The highest BCUT2D eigenvalue weighted by molar-refractivity contribution is 5.99. The summed E-state index contributed by atoms with van der Waals surface area (Å²) in [5, 5.41) is 0.469. The Morgan fingerprint density at radius 1 is 1.00 bits per heavy atom. The quantitative estimate of drug-likeness (QED) is 0.329. The second-order valence-electron chi connectivity index (χ2n) is 8.49. The monoisotopic (exact) mass is 454 g/mol. The van der Waals surface area contributed by atoms with Crippen molar-refractivity contribution in [2.24, 2.45) is 0 Å². The molecule has 1 amide bonds. The average Bonchev–Trinajstić information content (AvgIpc) is 3.14. The minimum atomic E-state index is -0.573. The van der Waals surface area contributed by atoms with E-state index in [0.717, 1.165) is 36.1 Å². The van der Waals surface area contributed by atoms with Crippen molar-refractivity contribution in [2.75, 3.05) is 6.61 Å². The fourth-order valence-corrected chi connectivity index (χ4v) is 4.48. The molecule has 2 aromatic carbocycles. The summed E-state index contributed by atoms with van der Waals surface area (Å²) in [6, 6.07) is 17.9. The molecule has 172 valence electrons. The van der Waals surface area contributed by atoms with Gasteiger partial charge >= 0.3 is 0 Å². The number of carbonyl (C=O) groups excluding carboxylic acids is 1. The Morgan fingerprint density at radius 2 is 1.82 bits per heavy atom. The first kappa shape index (κ1) is 21.9. The average molecular weight is 455 g/mol. The molecule has 0 N–H and O–H groups in total. The van der Waals surface area contributed by atoms with Gasteiger partial charge in [0, 0.05) is 18.9 Å². The highest BCUT2D eigenvalue weighted by Crippen LogP contribution is 2.39. The molecule has 4 aromatic rings. The number of ether oxygens (including phenoxy) is 1. The van der Waals surface area contributed by atoms with Crippen LogP contribution in [-0.4, -0.2) is 22.4 Å². The molecule has 34 heavy (non-hydrogen) atoms. The maximum Gasteiger partial charge on any atom is 0.291 e. The number of rotatable bonds is 8. The lowest BCUT2D eigenvalue weighted by Crippen LogP contribution is -2.29. The Bertz CT molecular complexity index is 1380. The topological polar surface area (TPSA) is 72.6 Å². The second-order valence-corrected chi connectivity index (χ2v) is 8.49. The molecule has 0 fully saturated rings. The first-order chi connectivity index (χ1) is 16.7. The number of hydrogen-bond donors (Lipinski definition) is 0. The fraction of sp³-hybridized carbons (Fsp3) is 0.250. The molecule has 6 nitrogen and oxygen atoms in total. The number of unbranched alkanes of at least 4 members (excludes halogenated alkanes) is 2. The largest absolute Gasteiger partial charge is 0.494 e. The summed E-state index contributed by atoms with van der Waals surface area (Å²) in [6.45, 7) is 3.11. The third-order valence-electron chi connectivity index (χ3n) is 6.17. The molecular formula is C28H26N2O4. The zero-order chi connectivity index (χ0) is 23.5. The molecule has 1 aliphatic heterocycles. The fourth-order valence-electron chi connectivity index (χ4n) is 4.48. The van der Waals surface area contributed by atoms with Crippen molar-refractivity contribution in [3.63, 3.8) is 0 Å². The van der Waals surface area contributed by atoms with Crippen molar-refractivity contribution in [2.45, 2.75) is 38.8 Å². The van der Waals surface area contributed by atoms with E-state index in [-0.39, 0.29) is 17.1 Å². The van der Waals surface area contributed by atoms with Crippen LogP contribution in [0.15, 0.2) is 82.3 Å². The Balaban J connectivity index is 1.60. The lowest BCUT2D eigenvalue weighted by atomic mass is 9.98. The predicted molar refractivity (Wildman–Crippen MR) is 130 cm³/mol.